The summed E-state index contributed by atoms with van der Waals surface area (Å²) in [6.07, 6.45) is 4.37. The van der Waals surface area contributed by atoms with Crippen LogP contribution in [0.2, 0.25) is 18.1 Å². The lowest BCUT2D eigenvalue weighted by Crippen LogP contribution is -2.40. The number of carbonyl (C=O) groups is 1. The third kappa shape index (κ3) is 2.97. The van der Waals surface area contributed by atoms with Crippen molar-refractivity contribution in [2.75, 3.05) is 0 Å². The summed E-state index contributed by atoms with van der Waals surface area (Å²) in [5.41, 5.74) is 5.67. The van der Waals surface area contributed by atoms with Crippen molar-refractivity contribution < 1.29 is 9.22 Å². The van der Waals surface area contributed by atoms with E-state index >= 15 is 0 Å². The number of ketones is 1. The quantitative estimate of drug-likeness (QED) is 0.662. The second-order valence-electron chi connectivity index (χ2n) is 8.42. The van der Waals surface area contributed by atoms with Gasteiger partial charge in [-0.1, -0.05) is 32.9 Å². The molecule has 2 aliphatic carbocycles. The minimum absolute atomic E-state index is 0.221. The summed E-state index contributed by atoms with van der Waals surface area (Å²) >= 11 is 0. The van der Waals surface area contributed by atoms with Gasteiger partial charge in [0.1, 0.15) is 0 Å². The Morgan fingerprint density at radius 1 is 1.04 bits per heavy atom. The average molecular weight is 329 g/mol. The normalized spacial score (nSPS) is 18.2. The Morgan fingerprint density at radius 3 is 2.35 bits per heavy atom. The van der Waals surface area contributed by atoms with E-state index in [1.807, 2.05) is 6.07 Å². The van der Waals surface area contributed by atoms with Crippen LogP contribution in [-0.2, 0) is 11.0 Å². The van der Waals surface area contributed by atoms with Crippen LogP contribution in [0.5, 0.6) is 0 Å². The molecule has 0 aromatic heterocycles. The molecule has 0 N–H and O–H groups in total. The van der Waals surface area contributed by atoms with E-state index in [4.69, 9.17) is 4.43 Å². The van der Waals surface area contributed by atoms with Crippen molar-refractivity contribution in [3.8, 4) is 0 Å². The summed E-state index contributed by atoms with van der Waals surface area (Å²) < 4.78 is 6.34. The molecular formula is C20H28O2Si. The number of hydrogen-bond acceptors (Lipinski definition) is 2. The standard InChI is InChI=1S/C20H28O2Si/c1-20(2,3)23(4,5)22-13-14-10-11-17-18(12-14)15-8-6-7-9-16(15)19(17)21/h10-12H,6-9,13H2,1-5H3. The number of rotatable bonds is 3. The molecule has 0 radical (unpaired) electrons. The Hall–Kier alpha value is -1.19. The molecule has 0 bridgehead atoms. The van der Waals surface area contributed by atoms with Gasteiger partial charge in [-0.05, 0) is 66.6 Å². The molecule has 1 aromatic rings. The predicted molar refractivity (Wildman–Crippen MR) is 98.1 cm³/mol. The molecule has 0 unspecified atom stereocenters. The first kappa shape index (κ1) is 16.7. The second-order valence-corrected chi connectivity index (χ2v) is 13.2. The van der Waals surface area contributed by atoms with E-state index in [2.05, 4.69) is 46.0 Å². The molecule has 0 atom stereocenters. The summed E-state index contributed by atoms with van der Waals surface area (Å²) in [6, 6.07) is 6.29. The maximum absolute atomic E-state index is 12.5. The van der Waals surface area contributed by atoms with Crippen LogP contribution in [0.4, 0.5) is 0 Å². The van der Waals surface area contributed by atoms with Crippen LogP contribution >= 0.6 is 0 Å². The van der Waals surface area contributed by atoms with Crippen LogP contribution in [0.3, 0.4) is 0 Å². The fraction of sp³-hybridized carbons (Fsp3) is 0.550. The molecule has 3 heteroatoms. The van der Waals surface area contributed by atoms with Crippen LogP contribution in [0, 0.1) is 0 Å². The van der Waals surface area contributed by atoms with E-state index in [-0.39, 0.29) is 10.8 Å². The van der Waals surface area contributed by atoms with Gasteiger partial charge < -0.3 is 4.43 Å². The van der Waals surface area contributed by atoms with E-state index in [0.717, 1.165) is 30.4 Å². The SMILES string of the molecule is CC(C)(C)[Si](C)(C)OCc1ccc2c(c1)C1=C(CCCC1)C2=O. The zero-order valence-corrected chi connectivity index (χ0v) is 16.1. The average Bonchev–Trinajstić information content (AvgIpc) is 2.78. The van der Waals surface area contributed by atoms with Gasteiger partial charge in [0.05, 0.1) is 6.61 Å². The molecule has 0 spiro atoms. The Bertz CT molecular complexity index is 677. The van der Waals surface area contributed by atoms with Gasteiger partial charge in [0.15, 0.2) is 14.1 Å². The highest BCUT2D eigenvalue weighted by atomic mass is 28.4. The number of carbonyl (C=O) groups excluding carboxylic acids is 1. The molecule has 0 saturated heterocycles. The van der Waals surface area contributed by atoms with Gasteiger partial charge in [0.2, 0.25) is 0 Å². The Labute approximate surface area is 141 Å². The Morgan fingerprint density at radius 2 is 1.70 bits per heavy atom. The maximum atomic E-state index is 12.5. The highest BCUT2D eigenvalue weighted by Gasteiger charge is 2.37. The van der Waals surface area contributed by atoms with Gasteiger partial charge in [0, 0.05) is 11.1 Å². The lowest BCUT2D eigenvalue weighted by atomic mass is 9.91. The van der Waals surface area contributed by atoms with Crippen LogP contribution in [0.15, 0.2) is 23.8 Å². The molecule has 0 aliphatic heterocycles. The van der Waals surface area contributed by atoms with Crippen molar-refractivity contribution in [1.29, 1.82) is 0 Å². The Balaban J connectivity index is 1.83. The van der Waals surface area contributed by atoms with Crippen molar-refractivity contribution in [2.24, 2.45) is 0 Å². The van der Waals surface area contributed by atoms with Gasteiger partial charge in [-0.25, -0.2) is 0 Å². The molecule has 1 aromatic carbocycles. The van der Waals surface area contributed by atoms with Crippen LogP contribution in [-0.4, -0.2) is 14.1 Å². The lowest BCUT2D eigenvalue weighted by Gasteiger charge is -2.36. The molecule has 124 valence electrons. The lowest BCUT2D eigenvalue weighted by molar-refractivity contribution is 0.103. The highest BCUT2D eigenvalue weighted by Crippen LogP contribution is 2.42. The van der Waals surface area contributed by atoms with Gasteiger partial charge >= 0.3 is 0 Å². The van der Waals surface area contributed by atoms with Gasteiger partial charge in [-0.2, -0.15) is 0 Å². The summed E-state index contributed by atoms with van der Waals surface area (Å²) in [5, 5.41) is 0.221. The third-order valence-electron chi connectivity index (χ3n) is 5.80. The smallest absolute Gasteiger partial charge is 0.192 e. The van der Waals surface area contributed by atoms with E-state index in [0.29, 0.717) is 6.61 Å². The topological polar surface area (TPSA) is 26.3 Å². The molecule has 0 saturated carbocycles. The van der Waals surface area contributed by atoms with Crippen molar-refractivity contribution in [3.05, 3.63) is 40.5 Å². The summed E-state index contributed by atoms with van der Waals surface area (Å²) in [4.78, 5) is 12.5. The molecule has 2 aliphatic rings. The summed E-state index contributed by atoms with van der Waals surface area (Å²) in [7, 11) is -1.74. The van der Waals surface area contributed by atoms with Crippen LogP contribution < -0.4 is 0 Å². The van der Waals surface area contributed by atoms with Crippen LogP contribution in [0.1, 0.15) is 67.9 Å². The molecule has 23 heavy (non-hydrogen) atoms. The minimum atomic E-state index is -1.74. The first-order valence-electron chi connectivity index (χ1n) is 8.75. The zero-order valence-electron chi connectivity index (χ0n) is 15.1. The molecule has 2 nitrogen and oxygen atoms in total. The van der Waals surface area contributed by atoms with Gasteiger partial charge in [-0.15, -0.1) is 0 Å². The molecule has 0 heterocycles. The summed E-state index contributed by atoms with van der Waals surface area (Å²) in [5.74, 6) is 0.270. The van der Waals surface area contributed by atoms with E-state index in [1.54, 1.807) is 0 Å². The van der Waals surface area contributed by atoms with E-state index in [9.17, 15) is 4.79 Å². The first-order valence-corrected chi connectivity index (χ1v) is 11.7. The van der Waals surface area contributed by atoms with Crippen LogP contribution in [0.25, 0.3) is 5.57 Å². The molecule has 0 fully saturated rings. The predicted octanol–water partition coefficient (Wildman–Crippen LogP) is 5.73. The number of fused-ring (bicyclic) bond motifs is 2. The molecular weight excluding hydrogens is 300 g/mol. The van der Waals surface area contributed by atoms with Crippen molar-refractivity contribution >= 4 is 19.7 Å². The van der Waals surface area contributed by atoms with Crippen molar-refractivity contribution in [2.45, 2.75) is 71.2 Å². The van der Waals surface area contributed by atoms with Gasteiger partial charge in [0.25, 0.3) is 0 Å². The fourth-order valence-corrected chi connectivity index (χ4v) is 4.19. The molecule has 0 amide bonds. The monoisotopic (exact) mass is 328 g/mol. The maximum Gasteiger partial charge on any atom is 0.192 e. The van der Waals surface area contributed by atoms with Gasteiger partial charge in [-0.3, -0.25) is 4.79 Å². The summed E-state index contributed by atoms with van der Waals surface area (Å²) in [6.45, 7) is 12.0. The molecule has 3 rings (SSSR count). The second kappa shape index (κ2) is 5.71. The number of allylic oxidation sites excluding steroid dienone is 2. The van der Waals surface area contributed by atoms with E-state index < -0.39 is 8.32 Å². The zero-order chi connectivity index (χ0) is 16.8. The number of Topliss-reactive ketones (excluding diaryl/α,β-unsaturated/α-hetero) is 1. The Kier molecular flexibility index (Phi) is 4.14. The number of hydrogen-bond donors (Lipinski definition) is 0. The first-order chi connectivity index (χ1) is 10.7. The largest absolute Gasteiger partial charge is 0.413 e. The fourth-order valence-electron chi connectivity index (χ4n) is 3.22. The number of benzene rings is 1. The van der Waals surface area contributed by atoms with E-state index in [1.165, 1.54) is 23.1 Å². The van der Waals surface area contributed by atoms with Crippen molar-refractivity contribution in [3.63, 3.8) is 0 Å². The van der Waals surface area contributed by atoms with Crippen molar-refractivity contribution in [1.82, 2.24) is 0 Å². The minimum Gasteiger partial charge on any atom is -0.413 e. The third-order valence-corrected chi connectivity index (χ3v) is 10.3. The highest BCUT2D eigenvalue weighted by molar-refractivity contribution is 6.74.